The molecule has 3 fully saturated rings. The van der Waals surface area contributed by atoms with Gasteiger partial charge in [0.2, 0.25) is 17.7 Å². The highest BCUT2D eigenvalue weighted by molar-refractivity contribution is 6.05. The molecule has 2 atom stereocenters. The quantitative estimate of drug-likeness (QED) is 0.785. The van der Waals surface area contributed by atoms with E-state index in [0.717, 1.165) is 38.5 Å². The van der Waals surface area contributed by atoms with E-state index in [1.54, 1.807) is 0 Å². The molecule has 3 amide bonds. The summed E-state index contributed by atoms with van der Waals surface area (Å²) in [4.78, 5) is 38.7. The molecule has 2 aliphatic carbocycles. The first-order chi connectivity index (χ1) is 13.1. The van der Waals surface area contributed by atoms with Crippen molar-refractivity contribution in [2.45, 2.75) is 56.8 Å². The van der Waals surface area contributed by atoms with Crippen molar-refractivity contribution in [1.82, 2.24) is 10.2 Å². The zero-order valence-corrected chi connectivity index (χ0v) is 15.8. The highest BCUT2D eigenvalue weighted by atomic mass is 16.2. The molecule has 0 bridgehead atoms. The van der Waals surface area contributed by atoms with E-state index in [0.29, 0.717) is 6.54 Å². The van der Waals surface area contributed by atoms with Gasteiger partial charge in [0.25, 0.3) is 0 Å². The molecule has 4 rings (SSSR count). The summed E-state index contributed by atoms with van der Waals surface area (Å²) in [5, 5.41) is 3.05. The van der Waals surface area contributed by atoms with Gasteiger partial charge < -0.3 is 5.32 Å². The van der Waals surface area contributed by atoms with Crippen LogP contribution in [0.15, 0.2) is 30.3 Å². The Kier molecular flexibility index (Phi) is 5.02. The average Bonchev–Trinajstić information content (AvgIpc) is 2.91. The Morgan fingerprint density at radius 2 is 1.63 bits per heavy atom. The Balaban J connectivity index is 1.30. The van der Waals surface area contributed by atoms with Gasteiger partial charge in [0.05, 0.1) is 11.8 Å². The van der Waals surface area contributed by atoms with Gasteiger partial charge in [-0.15, -0.1) is 0 Å². The number of nitrogens with one attached hydrogen (secondary N) is 1. The van der Waals surface area contributed by atoms with Gasteiger partial charge in [0, 0.05) is 24.9 Å². The molecule has 5 heteroatoms. The van der Waals surface area contributed by atoms with Crippen molar-refractivity contribution < 1.29 is 14.4 Å². The van der Waals surface area contributed by atoms with Crippen molar-refractivity contribution in [2.24, 2.45) is 11.8 Å². The van der Waals surface area contributed by atoms with E-state index in [1.165, 1.54) is 16.9 Å². The third kappa shape index (κ3) is 3.40. The van der Waals surface area contributed by atoms with Gasteiger partial charge in [-0.1, -0.05) is 49.6 Å². The van der Waals surface area contributed by atoms with Gasteiger partial charge in [0.15, 0.2) is 0 Å². The topological polar surface area (TPSA) is 66.5 Å². The second kappa shape index (κ2) is 7.45. The van der Waals surface area contributed by atoms with Crippen LogP contribution in [0, 0.1) is 11.8 Å². The molecule has 1 aromatic rings. The van der Waals surface area contributed by atoms with E-state index in [2.05, 4.69) is 17.4 Å². The molecule has 0 radical (unpaired) electrons. The SMILES string of the molecule is O=C(CCN1C(=O)[C@@H]2CCCC[C@H]2C1=O)NCC1(c2ccccc2)CCC1. The third-order valence-electron chi connectivity index (χ3n) is 6.82. The van der Waals surface area contributed by atoms with Crippen LogP contribution < -0.4 is 5.32 Å². The number of hydrogen-bond donors (Lipinski definition) is 1. The molecular weight excluding hydrogens is 340 g/mol. The van der Waals surface area contributed by atoms with Gasteiger partial charge in [0.1, 0.15) is 0 Å². The van der Waals surface area contributed by atoms with Crippen molar-refractivity contribution in [3.05, 3.63) is 35.9 Å². The summed E-state index contributed by atoms with van der Waals surface area (Å²) in [6, 6.07) is 10.4. The van der Waals surface area contributed by atoms with E-state index >= 15 is 0 Å². The number of fused-ring (bicyclic) bond motifs is 1. The van der Waals surface area contributed by atoms with E-state index in [4.69, 9.17) is 0 Å². The summed E-state index contributed by atoms with van der Waals surface area (Å²) < 4.78 is 0. The lowest BCUT2D eigenvalue weighted by atomic mass is 9.64. The van der Waals surface area contributed by atoms with E-state index in [1.807, 2.05) is 18.2 Å². The monoisotopic (exact) mass is 368 g/mol. The number of hydrogen-bond acceptors (Lipinski definition) is 3. The van der Waals surface area contributed by atoms with Gasteiger partial charge in [-0.05, 0) is 31.2 Å². The second-order valence-corrected chi connectivity index (χ2v) is 8.35. The van der Waals surface area contributed by atoms with Gasteiger partial charge in [-0.3, -0.25) is 19.3 Å². The number of rotatable bonds is 6. The number of imide groups is 1. The van der Waals surface area contributed by atoms with Crippen molar-refractivity contribution in [1.29, 1.82) is 0 Å². The van der Waals surface area contributed by atoms with Crippen molar-refractivity contribution in [3.8, 4) is 0 Å². The first-order valence-electron chi connectivity index (χ1n) is 10.3. The third-order valence-corrected chi connectivity index (χ3v) is 6.82. The average molecular weight is 368 g/mol. The highest BCUT2D eigenvalue weighted by Crippen LogP contribution is 2.43. The molecule has 0 unspecified atom stereocenters. The summed E-state index contributed by atoms with van der Waals surface area (Å²) >= 11 is 0. The molecule has 27 heavy (non-hydrogen) atoms. The normalized spacial score (nSPS) is 26.4. The zero-order valence-electron chi connectivity index (χ0n) is 15.8. The smallest absolute Gasteiger partial charge is 0.233 e. The van der Waals surface area contributed by atoms with Gasteiger partial charge in [-0.25, -0.2) is 0 Å². The molecule has 1 N–H and O–H groups in total. The summed E-state index contributed by atoms with van der Waals surface area (Å²) in [7, 11) is 0. The van der Waals surface area contributed by atoms with Crippen LogP contribution in [0.2, 0.25) is 0 Å². The number of likely N-dealkylation sites (tertiary alicyclic amines) is 1. The highest BCUT2D eigenvalue weighted by Gasteiger charge is 2.47. The van der Waals surface area contributed by atoms with Crippen LogP contribution in [-0.4, -0.2) is 35.7 Å². The van der Waals surface area contributed by atoms with Crippen LogP contribution in [0.3, 0.4) is 0 Å². The fourth-order valence-electron chi connectivity index (χ4n) is 4.98. The Morgan fingerprint density at radius 3 is 2.19 bits per heavy atom. The summed E-state index contributed by atoms with van der Waals surface area (Å²) in [5.74, 6) is -0.460. The zero-order chi connectivity index (χ0) is 18.9. The van der Waals surface area contributed by atoms with Crippen LogP contribution in [0.1, 0.15) is 56.9 Å². The lowest BCUT2D eigenvalue weighted by Crippen LogP contribution is -2.46. The van der Waals surface area contributed by atoms with Crippen LogP contribution in [0.25, 0.3) is 0 Å². The summed E-state index contributed by atoms with van der Waals surface area (Å²) in [5.41, 5.74) is 1.33. The Labute approximate surface area is 160 Å². The molecule has 1 aliphatic heterocycles. The minimum absolute atomic E-state index is 0.0468. The molecule has 1 saturated heterocycles. The largest absolute Gasteiger partial charge is 0.355 e. The number of carbonyl (C=O) groups excluding carboxylic acids is 3. The van der Waals surface area contributed by atoms with Crippen molar-refractivity contribution in [2.75, 3.05) is 13.1 Å². The Hall–Kier alpha value is -2.17. The predicted molar refractivity (Wildman–Crippen MR) is 102 cm³/mol. The number of nitrogens with zero attached hydrogens (tertiary/aromatic N) is 1. The van der Waals surface area contributed by atoms with Crippen LogP contribution in [-0.2, 0) is 19.8 Å². The van der Waals surface area contributed by atoms with Crippen molar-refractivity contribution in [3.63, 3.8) is 0 Å². The maximum Gasteiger partial charge on any atom is 0.233 e. The molecule has 5 nitrogen and oxygen atoms in total. The van der Waals surface area contributed by atoms with E-state index in [-0.39, 0.29) is 47.9 Å². The first-order valence-corrected chi connectivity index (χ1v) is 10.3. The molecule has 0 aromatic heterocycles. The van der Waals surface area contributed by atoms with Crippen LogP contribution in [0.4, 0.5) is 0 Å². The molecular formula is C22H28N2O3. The Bertz CT molecular complexity index is 702. The molecule has 1 heterocycles. The fourth-order valence-corrected chi connectivity index (χ4v) is 4.98. The Morgan fingerprint density at radius 1 is 1.00 bits per heavy atom. The fraction of sp³-hybridized carbons (Fsp3) is 0.591. The summed E-state index contributed by atoms with van der Waals surface area (Å²) in [6.45, 7) is 0.845. The molecule has 0 spiro atoms. The van der Waals surface area contributed by atoms with Gasteiger partial charge in [-0.2, -0.15) is 0 Å². The lowest BCUT2D eigenvalue weighted by Gasteiger charge is -2.42. The molecule has 3 aliphatic rings. The van der Waals surface area contributed by atoms with E-state index in [9.17, 15) is 14.4 Å². The summed E-state index contributed by atoms with van der Waals surface area (Å²) in [6.07, 6.45) is 7.24. The second-order valence-electron chi connectivity index (χ2n) is 8.35. The maximum atomic E-state index is 12.5. The molecule has 144 valence electrons. The minimum Gasteiger partial charge on any atom is -0.355 e. The maximum absolute atomic E-state index is 12.5. The number of amides is 3. The predicted octanol–water partition coefficient (Wildman–Crippen LogP) is 2.79. The van der Waals surface area contributed by atoms with Crippen LogP contribution in [0.5, 0.6) is 0 Å². The van der Waals surface area contributed by atoms with Gasteiger partial charge >= 0.3 is 0 Å². The number of carbonyl (C=O) groups is 3. The van der Waals surface area contributed by atoms with Crippen LogP contribution >= 0.6 is 0 Å². The standard InChI is InChI=1S/C22H28N2O3/c25-19(23-15-22(12-6-13-22)16-7-2-1-3-8-16)11-14-24-20(26)17-9-4-5-10-18(17)21(24)27/h1-3,7-8,17-18H,4-6,9-15H2,(H,23,25)/t17-,18-/m1/s1. The molecule has 2 saturated carbocycles. The number of benzene rings is 1. The first kappa shape index (κ1) is 18.2. The van der Waals surface area contributed by atoms with E-state index < -0.39 is 0 Å². The van der Waals surface area contributed by atoms with Crippen molar-refractivity contribution >= 4 is 17.7 Å². The lowest BCUT2D eigenvalue weighted by molar-refractivity contribution is -0.140. The minimum atomic E-state index is -0.134. The molecule has 1 aromatic carbocycles.